The fourth-order valence-electron chi connectivity index (χ4n) is 2.83. The molecule has 1 fully saturated rings. The molecule has 1 aliphatic heterocycles. The van der Waals surface area contributed by atoms with Crippen molar-refractivity contribution in [3.05, 3.63) is 28.8 Å². The Kier molecular flexibility index (Phi) is 4.75. The smallest absolute Gasteiger partial charge is 0.0471 e. The van der Waals surface area contributed by atoms with Crippen molar-refractivity contribution in [3.63, 3.8) is 0 Å². The summed E-state index contributed by atoms with van der Waals surface area (Å²) in [5, 5.41) is 4.28. The lowest BCUT2D eigenvalue weighted by atomic mass is 10.1. The first-order chi connectivity index (χ1) is 8.97. The Labute approximate surface area is 122 Å². The third kappa shape index (κ3) is 3.64. The van der Waals surface area contributed by atoms with E-state index in [-0.39, 0.29) is 0 Å². The van der Waals surface area contributed by atoms with E-state index in [0.717, 1.165) is 24.0 Å². The molecule has 1 aromatic carbocycles. The number of hydrogen-bond acceptors (Lipinski definition) is 2. The minimum atomic E-state index is 0.482. The van der Waals surface area contributed by atoms with Gasteiger partial charge in [-0.3, -0.25) is 0 Å². The molecule has 0 bridgehead atoms. The van der Waals surface area contributed by atoms with Crippen LogP contribution in [0.4, 0.5) is 5.69 Å². The Bertz CT molecular complexity index is 431. The van der Waals surface area contributed by atoms with Crippen LogP contribution in [0.15, 0.2) is 18.2 Å². The predicted octanol–water partition coefficient (Wildman–Crippen LogP) is 4.07. The highest BCUT2D eigenvalue weighted by Gasteiger charge is 2.26. The van der Waals surface area contributed by atoms with Gasteiger partial charge in [-0.05, 0) is 37.0 Å². The molecule has 2 rings (SSSR count). The Morgan fingerprint density at radius 3 is 2.63 bits per heavy atom. The van der Waals surface area contributed by atoms with Gasteiger partial charge in [-0.1, -0.05) is 38.4 Å². The van der Waals surface area contributed by atoms with Crippen LogP contribution < -0.4 is 10.2 Å². The van der Waals surface area contributed by atoms with Crippen LogP contribution in [0, 0.1) is 5.92 Å². The average molecular weight is 281 g/mol. The monoisotopic (exact) mass is 280 g/mol. The first-order valence-electron chi connectivity index (χ1n) is 7.25. The van der Waals surface area contributed by atoms with E-state index in [1.807, 2.05) is 0 Å². The molecule has 0 amide bonds. The van der Waals surface area contributed by atoms with E-state index in [4.69, 9.17) is 11.6 Å². The van der Waals surface area contributed by atoms with Gasteiger partial charge in [0.05, 0.1) is 0 Å². The Balaban J connectivity index is 2.10. The van der Waals surface area contributed by atoms with Gasteiger partial charge in [0.15, 0.2) is 0 Å². The lowest BCUT2D eigenvalue weighted by Crippen LogP contribution is -2.26. The molecule has 2 nitrogen and oxygen atoms in total. The van der Waals surface area contributed by atoms with Gasteiger partial charge in [-0.25, -0.2) is 0 Å². The van der Waals surface area contributed by atoms with Gasteiger partial charge in [-0.15, -0.1) is 0 Å². The molecule has 3 heteroatoms. The van der Waals surface area contributed by atoms with E-state index in [1.165, 1.54) is 17.7 Å². The van der Waals surface area contributed by atoms with Crippen molar-refractivity contribution in [3.8, 4) is 0 Å². The molecular formula is C16H25ClN2. The number of nitrogens with one attached hydrogen (secondary N) is 1. The number of rotatable bonds is 4. The summed E-state index contributed by atoms with van der Waals surface area (Å²) in [7, 11) is 0. The van der Waals surface area contributed by atoms with Gasteiger partial charge in [0, 0.05) is 35.9 Å². The molecule has 1 saturated heterocycles. The van der Waals surface area contributed by atoms with E-state index in [2.05, 4.69) is 56.1 Å². The van der Waals surface area contributed by atoms with Gasteiger partial charge in [0.1, 0.15) is 0 Å². The number of nitrogens with zero attached hydrogens (tertiary/aromatic N) is 1. The lowest BCUT2D eigenvalue weighted by molar-refractivity contribution is 0.589. The number of halogens is 1. The normalized spacial score (nSPS) is 23.4. The molecule has 0 saturated carbocycles. The number of hydrogen-bond donors (Lipinski definition) is 1. The zero-order chi connectivity index (χ0) is 14.0. The average Bonchev–Trinajstić information content (AvgIpc) is 2.66. The van der Waals surface area contributed by atoms with Crippen LogP contribution in [0.25, 0.3) is 0 Å². The molecule has 106 valence electrons. The highest BCUT2D eigenvalue weighted by molar-refractivity contribution is 6.31. The fourth-order valence-corrected chi connectivity index (χ4v) is 3.07. The van der Waals surface area contributed by atoms with E-state index >= 15 is 0 Å². The second-order valence-corrected chi connectivity index (χ2v) is 6.56. The van der Waals surface area contributed by atoms with Gasteiger partial charge >= 0.3 is 0 Å². The summed E-state index contributed by atoms with van der Waals surface area (Å²) in [6.07, 6.45) is 1.27. The second-order valence-electron chi connectivity index (χ2n) is 6.15. The van der Waals surface area contributed by atoms with E-state index in [9.17, 15) is 0 Å². The second kappa shape index (κ2) is 6.15. The third-order valence-corrected chi connectivity index (χ3v) is 4.20. The molecule has 0 aliphatic carbocycles. The molecule has 1 N–H and O–H groups in total. The summed E-state index contributed by atoms with van der Waals surface area (Å²) >= 11 is 6.41. The summed E-state index contributed by atoms with van der Waals surface area (Å²) in [6.45, 7) is 10.9. The van der Waals surface area contributed by atoms with Crippen LogP contribution in [-0.2, 0) is 6.54 Å². The molecule has 0 radical (unpaired) electrons. The minimum absolute atomic E-state index is 0.482. The molecule has 1 heterocycles. The molecule has 1 aromatic rings. The molecule has 0 aromatic heterocycles. The zero-order valence-electron chi connectivity index (χ0n) is 12.4. The van der Waals surface area contributed by atoms with Crippen molar-refractivity contribution in [2.45, 2.75) is 52.7 Å². The van der Waals surface area contributed by atoms with Crippen LogP contribution in [0.2, 0.25) is 5.02 Å². The Morgan fingerprint density at radius 1 is 1.37 bits per heavy atom. The molecular weight excluding hydrogens is 256 g/mol. The van der Waals surface area contributed by atoms with Crippen LogP contribution in [0.3, 0.4) is 0 Å². The van der Waals surface area contributed by atoms with Gasteiger partial charge in [0.2, 0.25) is 0 Å². The van der Waals surface area contributed by atoms with Crippen LogP contribution >= 0.6 is 11.6 Å². The number of benzene rings is 1. The zero-order valence-corrected chi connectivity index (χ0v) is 13.2. The molecule has 2 unspecified atom stereocenters. The first-order valence-corrected chi connectivity index (χ1v) is 7.63. The maximum Gasteiger partial charge on any atom is 0.0471 e. The van der Waals surface area contributed by atoms with Gasteiger partial charge < -0.3 is 10.2 Å². The predicted molar refractivity (Wildman–Crippen MR) is 84.0 cm³/mol. The first kappa shape index (κ1) is 14.7. The van der Waals surface area contributed by atoms with Crippen molar-refractivity contribution in [2.75, 3.05) is 11.4 Å². The highest BCUT2D eigenvalue weighted by Crippen LogP contribution is 2.31. The van der Waals surface area contributed by atoms with E-state index in [0.29, 0.717) is 12.1 Å². The molecule has 0 spiro atoms. The summed E-state index contributed by atoms with van der Waals surface area (Å²) in [5.74, 6) is 0.774. The van der Waals surface area contributed by atoms with Crippen molar-refractivity contribution >= 4 is 17.3 Å². The summed E-state index contributed by atoms with van der Waals surface area (Å²) in [5.41, 5.74) is 2.44. The van der Waals surface area contributed by atoms with Crippen molar-refractivity contribution < 1.29 is 0 Å². The Hall–Kier alpha value is -0.730. The van der Waals surface area contributed by atoms with Gasteiger partial charge in [-0.2, -0.15) is 0 Å². The van der Waals surface area contributed by atoms with E-state index < -0.39 is 0 Å². The van der Waals surface area contributed by atoms with Crippen molar-refractivity contribution in [1.82, 2.24) is 5.32 Å². The maximum absolute atomic E-state index is 6.41. The van der Waals surface area contributed by atoms with Crippen LogP contribution in [0.5, 0.6) is 0 Å². The van der Waals surface area contributed by atoms with E-state index in [1.54, 1.807) is 0 Å². The highest BCUT2D eigenvalue weighted by atomic mass is 35.5. The largest absolute Gasteiger partial charge is 0.369 e. The molecule has 19 heavy (non-hydrogen) atoms. The van der Waals surface area contributed by atoms with Crippen LogP contribution in [0.1, 0.15) is 39.7 Å². The fraction of sp³-hybridized carbons (Fsp3) is 0.625. The topological polar surface area (TPSA) is 15.3 Å². The Morgan fingerprint density at radius 2 is 2.11 bits per heavy atom. The maximum atomic E-state index is 6.41. The van der Waals surface area contributed by atoms with Gasteiger partial charge in [0.25, 0.3) is 0 Å². The van der Waals surface area contributed by atoms with Crippen molar-refractivity contribution in [1.29, 1.82) is 0 Å². The lowest BCUT2D eigenvalue weighted by Gasteiger charge is -2.24. The summed E-state index contributed by atoms with van der Waals surface area (Å²) in [4.78, 5) is 2.47. The molecule has 2 atom stereocenters. The quantitative estimate of drug-likeness (QED) is 0.894. The summed E-state index contributed by atoms with van der Waals surface area (Å²) < 4.78 is 0. The minimum Gasteiger partial charge on any atom is -0.369 e. The standard InChI is InChI=1S/C16H25ClN2/c1-11(2)18-9-14-5-6-15(8-16(14)17)19-10-12(3)7-13(19)4/h5-6,8,11-13,18H,7,9-10H2,1-4H3. The third-order valence-electron chi connectivity index (χ3n) is 3.85. The summed E-state index contributed by atoms with van der Waals surface area (Å²) in [6, 6.07) is 7.58. The van der Waals surface area contributed by atoms with Crippen LogP contribution in [-0.4, -0.2) is 18.6 Å². The SMILES string of the molecule is CC1CC(C)N(c2ccc(CNC(C)C)c(Cl)c2)C1. The molecule has 1 aliphatic rings. The van der Waals surface area contributed by atoms with Crippen molar-refractivity contribution in [2.24, 2.45) is 5.92 Å². The number of anilines is 1.